The minimum absolute atomic E-state index is 0.0563. The SMILES string of the molecule is CN(CC(=O)O)C(N)=NP(=O)(OCOC(=O)Cc1ccccc1)OCOC(=O)Cc1ccccc1. The van der Waals surface area contributed by atoms with Crippen molar-refractivity contribution in [3.05, 3.63) is 71.8 Å². The van der Waals surface area contributed by atoms with Gasteiger partial charge in [0.25, 0.3) is 0 Å². The molecule has 2 aromatic rings. The molecule has 13 heteroatoms. The van der Waals surface area contributed by atoms with Crippen LogP contribution in [-0.4, -0.2) is 61.1 Å². The van der Waals surface area contributed by atoms with Gasteiger partial charge < -0.3 is 25.2 Å². The third-order valence-electron chi connectivity index (χ3n) is 4.24. The molecule has 0 saturated heterocycles. The Morgan fingerprint density at radius 2 is 1.31 bits per heavy atom. The van der Waals surface area contributed by atoms with E-state index < -0.39 is 51.7 Å². The molecule has 35 heavy (non-hydrogen) atoms. The zero-order chi connectivity index (χ0) is 25.7. The van der Waals surface area contributed by atoms with Gasteiger partial charge in [-0.1, -0.05) is 60.7 Å². The van der Waals surface area contributed by atoms with Crippen LogP contribution >= 0.6 is 7.75 Å². The number of benzene rings is 2. The molecular weight excluding hydrogens is 481 g/mol. The Balaban J connectivity index is 1.97. The highest BCUT2D eigenvalue weighted by molar-refractivity contribution is 7.52. The van der Waals surface area contributed by atoms with E-state index in [1.165, 1.54) is 7.05 Å². The average Bonchev–Trinajstić information content (AvgIpc) is 2.80. The first-order chi connectivity index (χ1) is 16.7. The molecule has 12 nitrogen and oxygen atoms in total. The number of carboxylic acids is 1. The Hall–Kier alpha value is -3.73. The van der Waals surface area contributed by atoms with Crippen molar-refractivity contribution in [2.24, 2.45) is 10.5 Å². The average molecular weight is 507 g/mol. The van der Waals surface area contributed by atoms with Gasteiger partial charge in [0.05, 0.1) is 12.8 Å². The number of nitrogens with zero attached hydrogens (tertiary/aromatic N) is 2. The number of carboxylic acid groups (broad SMARTS) is 1. The number of hydrogen-bond donors (Lipinski definition) is 2. The molecule has 3 N–H and O–H groups in total. The number of ether oxygens (including phenoxy) is 2. The lowest BCUT2D eigenvalue weighted by molar-refractivity contribution is -0.151. The Labute approximate surface area is 201 Å². The summed E-state index contributed by atoms with van der Waals surface area (Å²) >= 11 is 0. The molecule has 0 aliphatic heterocycles. The van der Waals surface area contributed by atoms with Crippen molar-refractivity contribution in [1.82, 2.24) is 4.90 Å². The first kappa shape index (κ1) is 27.5. The van der Waals surface area contributed by atoms with Crippen molar-refractivity contribution in [3.8, 4) is 0 Å². The van der Waals surface area contributed by atoms with E-state index in [0.29, 0.717) is 11.1 Å². The van der Waals surface area contributed by atoms with Crippen molar-refractivity contribution in [3.63, 3.8) is 0 Å². The number of rotatable bonds is 13. The molecule has 2 rings (SSSR count). The standard InChI is InChI=1S/C22H26N3O9P/c1-25(14-19(26)27)22(23)24-35(30,33-15-31-20(28)12-17-8-4-2-5-9-17)34-16-32-21(29)13-18-10-6-3-7-11-18/h2-11H,12-16H2,1H3,(H,26,27)(H2,23,24,30). The number of hydrogen-bond acceptors (Lipinski definition) is 8. The van der Waals surface area contributed by atoms with E-state index in [2.05, 4.69) is 4.76 Å². The molecule has 0 heterocycles. The van der Waals surface area contributed by atoms with Crippen molar-refractivity contribution >= 4 is 31.6 Å². The van der Waals surface area contributed by atoms with E-state index in [9.17, 15) is 18.9 Å². The second-order valence-corrected chi connectivity index (χ2v) is 8.68. The molecule has 0 saturated carbocycles. The van der Waals surface area contributed by atoms with Crippen LogP contribution in [0.25, 0.3) is 0 Å². The van der Waals surface area contributed by atoms with Gasteiger partial charge in [0.1, 0.15) is 6.54 Å². The monoisotopic (exact) mass is 507 g/mol. The van der Waals surface area contributed by atoms with Gasteiger partial charge in [-0.15, -0.1) is 4.76 Å². The summed E-state index contributed by atoms with van der Waals surface area (Å²) < 4.78 is 36.5. The molecule has 0 fully saturated rings. The Bertz CT molecular complexity index is 1000. The molecule has 0 atom stereocenters. The van der Waals surface area contributed by atoms with E-state index in [1.807, 2.05) is 0 Å². The highest BCUT2D eigenvalue weighted by Crippen LogP contribution is 2.50. The molecular formula is C22H26N3O9P. The summed E-state index contributed by atoms with van der Waals surface area (Å²) in [7, 11) is -3.19. The van der Waals surface area contributed by atoms with E-state index in [1.54, 1.807) is 60.7 Å². The van der Waals surface area contributed by atoms with Gasteiger partial charge in [0.15, 0.2) is 0 Å². The van der Waals surface area contributed by atoms with Gasteiger partial charge in [-0.2, -0.15) is 0 Å². The van der Waals surface area contributed by atoms with Crippen LogP contribution in [0.4, 0.5) is 0 Å². The van der Waals surface area contributed by atoms with Crippen LogP contribution in [0.3, 0.4) is 0 Å². The Morgan fingerprint density at radius 3 is 1.71 bits per heavy atom. The lowest BCUT2D eigenvalue weighted by atomic mass is 10.2. The molecule has 0 radical (unpaired) electrons. The van der Waals surface area contributed by atoms with Crippen molar-refractivity contribution in [2.45, 2.75) is 12.8 Å². The molecule has 0 unspecified atom stereocenters. The zero-order valence-electron chi connectivity index (χ0n) is 18.9. The van der Waals surface area contributed by atoms with Crippen LogP contribution in [0.15, 0.2) is 65.4 Å². The number of carbonyl (C=O) groups excluding carboxylic acids is 2. The minimum Gasteiger partial charge on any atom is -0.480 e. The maximum atomic E-state index is 13.0. The number of carbonyl (C=O) groups is 3. The van der Waals surface area contributed by atoms with Crippen molar-refractivity contribution in [2.75, 3.05) is 27.2 Å². The number of guanidine groups is 1. The summed E-state index contributed by atoms with van der Waals surface area (Å²) in [6.07, 6.45) is -0.113. The van der Waals surface area contributed by atoms with Crippen LogP contribution in [-0.2, 0) is 50.3 Å². The van der Waals surface area contributed by atoms with Gasteiger partial charge in [-0.3, -0.25) is 23.4 Å². The predicted molar refractivity (Wildman–Crippen MR) is 124 cm³/mol. The van der Waals surface area contributed by atoms with Gasteiger partial charge >= 0.3 is 25.7 Å². The normalized spacial score (nSPS) is 11.5. The van der Waals surface area contributed by atoms with Crippen LogP contribution in [0, 0.1) is 0 Å². The molecule has 0 aliphatic rings. The summed E-state index contributed by atoms with van der Waals surface area (Å²) in [5, 5.41) is 8.88. The zero-order valence-corrected chi connectivity index (χ0v) is 19.8. The topological polar surface area (TPSA) is 167 Å². The second-order valence-electron chi connectivity index (χ2n) is 7.03. The van der Waals surface area contributed by atoms with E-state index in [-0.39, 0.29) is 12.8 Å². The fourth-order valence-electron chi connectivity index (χ4n) is 2.53. The maximum absolute atomic E-state index is 13.0. The first-order valence-electron chi connectivity index (χ1n) is 10.2. The molecule has 0 bridgehead atoms. The fourth-order valence-corrected chi connectivity index (χ4v) is 3.49. The van der Waals surface area contributed by atoms with E-state index in [0.717, 1.165) is 4.90 Å². The maximum Gasteiger partial charge on any atom is 0.462 e. The Morgan fingerprint density at radius 1 is 0.886 bits per heavy atom. The third-order valence-corrected chi connectivity index (χ3v) is 5.56. The second kappa shape index (κ2) is 13.9. The van der Waals surface area contributed by atoms with Gasteiger partial charge in [-0.05, 0) is 11.1 Å². The van der Waals surface area contributed by atoms with Crippen molar-refractivity contribution in [1.29, 1.82) is 0 Å². The number of esters is 2. The van der Waals surface area contributed by atoms with Gasteiger partial charge in [-0.25, -0.2) is 4.57 Å². The smallest absolute Gasteiger partial charge is 0.462 e. The molecule has 0 aliphatic carbocycles. The summed E-state index contributed by atoms with van der Waals surface area (Å²) in [5.74, 6) is -3.04. The van der Waals surface area contributed by atoms with Gasteiger partial charge in [0, 0.05) is 7.05 Å². The number of nitrogens with two attached hydrogens (primary N) is 1. The molecule has 0 amide bonds. The summed E-state index contributed by atoms with van der Waals surface area (Å²) in [6, 6.07) is 17.5. The number of likely N-dealkylation sites (N-methyl/N-ethyl adjacent to an activating group) is 1. The predicted octanol–water partition coefficient (Wildman–Crippen LogP) is 1.95. The van der Waals surface area contributed by atoms with Crippen LogP contribution in [0.2, 0.25) is 0 Å². The molecule has 188 valence electrons. The highest BCUT2D eigenvalue weighted by Gasteiger charge is 2.28. The Kier molecular flexibility index (Phi) is 10.9. The van der Waals surface area contributed by atoms with Crippen molar-refractivity contribution < 1.29 is 42.6 Å². The lowest BCUT2D eigenvalue weighted by Crippen LogP contribution is -2.37. The van der Waals surface area contributed by atoms with E-state index in [4.69, 9.17) is 29.4 Å². The highest BCUT2D eigenvalue weighted by atomic mass is 31.2. The van der Waals surface area contributed by atoms with Crippen LogP contribution in [0.5, 0.6) is 0 Å². The molecule has 2 aromatic carbocycles. The molecule has 0 spiro atoms. The lowest BCUT2D eigenvalue weighted by Gasteiger charge is -2.19. The largest absolute Gasteiger partial charge is 0.480 e. The fraction of sp³-hybridized carbons (Fsp3) is 0.273. The number of aliphatic carboxylic acids is 1. The molecule has 0 aromatic heterocycles. The third kappa shape index (κ3) is 10.8. The summed E-state index contributed by atoms with van der Waals surface area (Å²) in [5.41, 5.74) is 7.07. The quantitative estimate of drug-likeness (QED) is 0.134. The summed E-state index contributed by atoms with van der Waals surface area (Å²) in [4.78, 5) is 35.8. The summed E-state index contributed by atoms with van der Waals surface area (Å²) in [6.45, 7) is -2.16. The first-order valence-corrected chi connectivity index (χ1v) is 11.7. The van der Waals surface area contributed by atoms with Gasteiger partial charge in [0.2, 0.25) is 19.5 Å². The van der Waals surface area contributed by atoms with Crippen LogP contribution < -0.4 is 5.73 Å². The van der Waals surface area contributed by atoms with E-state index >= 15 is 0 Å². The van der Waals surface area contributed by atoms with Crippen LogP contribution in [0.1, 0.15) is 11.1 Å². The minimum atomic E-state index is -4.48.